The highest BCUT2D eigenvalue weighted by Gasteiger charge is 2.33. The molecule has 1 saturated heterocycles. The predicted octanol–water partition coefficient (Wildman–Crippen LogP) is 6.28. The Morgan fingerprint density at radius 3 is 2.28 bits per heavy atom. The summed E-state index contributed by atoms with van der Waals surface area (Å²) in [7, 11) is 0. The molecule has 3 atom stereocenters. The number of rotatable bonds is 13. The van der Waals surface area contributed by atoms with Crippen molar-refractivity contribution in [1.29, 1.82) is 0 Å². The first-order valence-electron chi connectivity index (χ1n) is 15.1. The largest absolute Gasteiger partial charge is 0.392 e. The van der Waals surface area contributed by atoms with Gasteiger partial charge in [-0.15, -0.1) is 0 Å². The summed E-state index contributed by atoms with van der Waals surface area (Å²) in [6, 6.07) is 23.7. The average molecular weight is 668 g/mol. The van der Waals surface area contributed by atoms with Crippen LogP contribution in [0.25, 0.3) is 11.1 Å². The summed E-state index contributed by atoms with van der Waals surface area (Å²) in [5.41, 5.74) is 7.24. The highest BCUT2D eigenvalue weighted by molar-refractivity contribution is 6.40. The van der Waals surface area contributed by atoms with Crippen LogP contribution in [0.2, 0.25) is 10.3 Å². The zero-order valence-electron chi connectivity index (χ0n) is 25.1. The van der Waals surface area contributed by atoms with E-state index in [2.05, 4.69) is 10.3 Å². The Hall–Kier alpha value is -3.77. The second-order valence-corrected chi connectivity index (χ2v) is 11.9. The van der Waals surface area contributed by atoms with Gasteiger partial charge in [-0.1, -0.05) is 89.9 Å². The van der Waals surface area contributed by atoms with Crippen molar-refractivity contribution < 1.29 is 29.4 Å². The third-order valence-electron chi connectivity index (χ3n) is 7.86. The van der Waals surface area contributed by atoms with Crippen LogP contribution in [0, 0.1) is 0 Å². The lowest BCUT2D eigenvalue weighted by Gasteiger charge is -2.36. The minimum atomic E-state index is -0.632. The van der Waals surface area contributed by atoms with Crippen molar-refractivity contribution in [3.05, 3.63) is 112 Å². The number of ether oxygens (including phenoxy) is 2. The number of halogens is 2. The molecule has 4 N–H and O–H groups in total. The summed E-state index contributed by atoms with van der Waals surface area (Å²) < 4.78 is 14.7. The van der Waals surface area contributed by atoms with Crippen LogP contribution >= 0.6 is 23.2 Å². The van der Waals surface area contributed by atoms with Crippen LogP contribution in [0.5, 0.6) is 0 Å². The Labute approximate surface area is 277 Å². The van der Waals surface area contributed by atoms with Gasteiger partial charge in [0, 0.05) is 31.4 Å². The number of aliphatic hydroxyl groups is 1. The fourth-order valence-corrected chi connectivity index (χ4v) is 5.65. The van der Waals surface area contributed by atoms with Gasteiger partial charge in [-0.25, -0.2) is 10.5 Å². The van der Waals surface area contributed by atoms with Crippen LogP contribution in [0.1, 0.15) is 66.8 Å². The van der Waals surface area contributed by atoms with E-state index in [0.717, 1.165) is 33.4 Å². The Morgan fingerprint density at radius 2 is 1.61 bits per heavy atom. The van der Waals surface area contributed by atoms with E-state index in [-0.39, 0.29) is 36.3 Å². The molecule has 0 spiro atoms. The number of nitrogens with one attached hydrogen (secondary N) is 2. The molecule has 2 amide bonds. The second-order valence-electron chi connectivity index (χ2n) is 11.2. The Bertz CT molecular complexity index is 1610. The van der Waals surface area contributed by atoms with Gasteiger partial charge in [0.15, 0.2) is 11.4 Å². The molecule has 3 unspecified atom stereocenters. The Morgan fingerprint density at radius 1 is 0.891 bits per heavy atom. The normalized spacial score (nSPS) is 17.9. The maximum atomic E-state index is 12.2. The van der Waals surface area contributed by atoms with Crippen LogP contribution in [-0.2, 0) is 38.8 Å². The number of aromatic nitrogens is 2. The van der Waals surface area contributed by atoms with E-state index in [1.807, 2.05) is 72.8 Å². The number of hydrogen-bond donors (Lipinski definition) is 4. The van der Waals surface area contributed by atoms with E-state index in [0.29, 0.717) is 43.9 Å². The number of carbonyl (C=O) groups excluding carboxylic acids is 2. The molecular weight excluding hydrogens is 631 g/mol. The van der Waals surface area contributed by atoms with Gasteiger partial charge in [0.1, 0.15) is 5.15 Å². The lowest BCUT2D eigenvalue weighted by Crippen LogP contribution is -2.32. The minimum Gasteiger partial charge on any atom is -0.392 e. The molecule has 242 valence electrons. The number of hydrogen-bond acceptors (Lipinski definition) is 7. The van der Waals surface area contributed by atoms with Crippen molar-refractivity contribution in [3.8, 4) is 11.1 Å². The van der Waals surface area contributed by atoms with Gasteiger partial charge in [0.25, 0.3) is 0 Å². The van der Waals surface area contributed by atoms with Gasteiger partial charge in [-0.3, -0.25) is 14.8 Å². The first-order valence-corrected chi connectivity index (χ1v) is 15.8. The molecule has 46 heavy (non-hydrogen) atoms. The summed E-state index contributed by atoms with van der Waals surface area (Å²) in [6.07, 6.45) is 2.63. The summed E-state index contributed by atoms with van der Waals surface area (Å²) in [5.74, 6) is -0.546. The number of amides is 2. The molecule has 12 heteroatoms. The summed E-state index contributed by atoms with van der Waals surface area (Å²) in [5, 5.41) is 21.5. The molecular formula is C34H36Cl2N4O6. The molecule has 1 aliphatic heterocycles. The minimum absolute atomic E-state index is 0.0288. The second kappa shape index (κ2) is 16.2. The van der Waals surface area contributed by atoms with Crippen molar-refractivity contribution in [2.75, 3.05) is 0 Å². The Balaban J connectivity index is 1.24. The van der Waals surface area contributed by atoms with E-state index in [1.165, 1.54) is 0 Å². The van der Waals surface area contributed by atoms with Crippen LogP contribution in [0.4, 0.5) is 0 Å². The van der Waals surface area contributed by atoms with Gasteiger partial charge in [-0.05, 0) is 46.7 Å². The van der Waals surface area contributed by atoms with Gasteiger partial charge in [-0.2, -0.15) is 0 Å². The van der Waals surface area contributed by atoms with Crippen LogP contribution in [0.3, 0.4) is 0 Å². The quantitative estimate of drug-likeness (QED) is 0.0750. The van der Waals surface area contributed by atoms with E-state index in [9.17, 15) is 14.7 Å². The maximum absolute atomic E-state index is 12.2. The summed E-state index contributed by atoms with van der Waals surface area (Å²) in [6.45, 7) is 0.810. The van der Waals surface area contributed by atoms with Gasteiger partial charge in [0.05, 0.1) is 31.7 Å². The first kappa shape index (κ1) is 33.6. The first-order chi connectivity index (χ1) is 22.3. The number of aliphatic hydroxyl groups excluding tert-OH is 1. The summed E-state index contributed by atoms with van der Waals surface area (Å²) in [4.78, 5) is 27.4. The number of benzene rings is 3. The highest BCUT2D eigenvalue weighted by Crippen LogP contribution is 2.39. The number of nitrogens with zero attached hydrogens (tertiary/aromatic N) is 2. The molecule has 1 aliphatic rings. The average Bonchev–Trinajstić information content (AvgIpc) is 3.41. The van der Waals surface area contributed by atoms with E-state index < -0.39 is 12.2 Å². The number of unbranched alkanes of at least 4 members (excludes halogenated alkanes) is 1. The van der Waals surface area contributed by atoms with Gasteiger partial charge < -0.3 is 24.5 Å². The number of carbonyl (C=O) groups is 2. The molecule has 10 nitrogen and oxygen atoms in total. The zero-order valence-corrected chi connectivity index (χ0v) is 26.6. The van der Waals surface area contributed by atoms with E-state index in [4.69, 9.17) is 37.9 Å². The molecule has 1 fully saturated rings. The zero-order chi connectivity index (χ0) is 32.5. The molecule has 2 heterocycles. The maximum Gasteiger partial charge on any atom is 0.243 e. The van der Waals surface area contributed by atoms with Gasteiger partial charge >= 0.3 is 0 Å². The smallest absolute Gasteiger partial charge is 0.243 e. The van der Waals surface area contributed by atoms with Gasteiger partial charge in [0.2, 0.25) is 11.8 Å². The van der Waals surface area contributed by atoms with Crippen molar-refractivity contribution in [3.63, 3.8) is 0 Å². The summed E-state index contributed by atoms with van der Waals surface area (Å²) >= 11 is 12.4. The molecule has 1 aromatic heterocycles. The third-order valence-corrected chi connectivity index (χ3v) is 8.63. The molecule has 0 radical (unpaired) electrons. The van der Waals surface area contributed by atoms with Crippen molar-refractivity contribution in [2.45, 2.75) is 70.3 Å². The molecule has 0 saturated carbocycles. The topological polar surface area (TPSA) is 135 Å². The number of imidazole rings is 1. The fourth-order valence-electron chi connectivity index (χ4n) is 5.33. The van der Waals surface area contributed by atoms with Crippen LogP contribution in [-0.4, -0.2) is 37.8 Å². The van der Waals surface area contributed by atoms with E-state index >= 15 is 0 Å². The third kappa shape index (κ3) is 8.94. The lowest BCUT2D eigenvalue weighted by molar-refractivity contribution is -0.252. The SMILES string of the molecule is O=C(CCCCC(=O)NCc1cccc(-c2ccc(C3OC(Cn4cnc(Cl)c4Cl)CC(c4ccc(CO)cc4)O3)cc2)c1)NO. The fraction of sp³-hybridized carbons (Fsp3) is 0.324. The number of hydroxylamine groups is 1. The predicted molar refractivity (Wildman–Crippen MR) is 173 cm³/mol. The molecule has 3 aromatic carbocycles. The van der Waals surface area contributed by atoms with E-state index in [1.54, 1.807) is 16.4 Å². The van der Waals surface area contributed by atoms with Crippen molar-refractivity contribution in [1.82, 2.24) is 20.3 Å². The molecule has 0 aliphatic carbocycles. The van der Waals surface area contributed by atoms with Crippen molar-refractivity contribution in [2.24, 2.45) is 0 Å². The van der Waals surface area contributed by atoms with Crippen molar-refractivity contribution >= 4 is 35.0 Å². The van der Waals surface area contributed by atoms with Crippen LogP contribution < -0.4 is 10.8 Å². The Kier molecular flexibility index (Phi) is 11.8. The monoisotopic (exact) mass is 666 g/mol. The standard InChI is InChI=1S/C34H36Cl2N4O6/c35-32-33(36)40(21-38-32)19-28-17-29(25-10-8-22(20-41)9-11-25)46-34(45-28)26-14-12-24(13-15-26)27-5-3-4-23(16-27)18-37-30(42)6-1-2-7-31(43)39-44/h3-5,8-16,21,28-29,34,41,44H,1-2,6-7,17-20H2,(H,37,42)(H,39,43). The van der Waals surface area contributed by atoms with Crippen LogP contribution in [0.15, 0.2) is 79.1 Å². The lowest BCUT2D eigenvalue weighted by atomic mass is 9.99. The molecule has 4 aromatic rings. The highest BCUT2D eigenvalue weighted by atomic mass is 35.5. The molecule has 5 rings (SSSR count). The molecule has 0 bridgehead atoms.